The van der Waals surface area contributed by atoms with Crippen LogP contribution >= 0.6 is 34.4 Å². The average molecular weight is 395 g/mol. The molecule has 2 aromatic rings. The van der Waals surface area contributed by atoms with Crippen LogP contribution in [0.4, 0.5) is 14.5 Å². The van der Waals surface area contributed by atoms with Crippen molar-refractivity contribution in [1.82, 2.24) is 0 Å². The molecule has 0 aliphatic heterocycles. The minimum absolute atomic E-state index is 0.196. The van der Waals surface area contributed by atoms with Gasteiger partial charge in [-0.05, 0) is 59.0 Å². The molecule has 102 valence electrons. The lowest BCUT2D eigenvalue weighted by atomic mass is 10.3. The second-order valence-electron chi connectivity index (χ2n) is 3.80. The number of thioether (sulfide) groups is 1. The quantitative estimate of drug-likeness (QED) is 0.701. The Hall–Kier alpha value is -0.760. The Morgan fingerprint density at radius 2 is 1.79 bits per heavy atom. The molecule has 0 aliphatic rings. The molecule has 0 atom stereocenters. The summed E-state index contributed by atoms with van der Waals surface area (Å²) in [7, 11) is 0. The summed E-state index contributed by atoms with van der Waals surface area (Å²) in [4.78, 5) is 0. The molecule has 0 radical (unpaired) electrons. The van der Waals surface area contributed by atoms with Crippen LogP contribution in [0.2, 0.25) is 0 Å². The minimum Gasteiger partial charge on any atom is -0.463 e. The van der Waals surface area contributed by atoms with Crippen LogP contribution in [-0.4, -0.2) is 5.76 Å². The third-order valence-corrected chi connectivity index (χ3v) is 3.80. The highest BCUT2D eigenvalue weighted by molar-refractivity contribution is 14.1. The summed E-state index contributed by atoms with van der Waals surface area (Å²) in [6.07, 6.45) is 0. The van der Waals surface area contributed by atoms with Gasteiger partial charge >= 0.3 is 0 Å². The van der Waals surface area contributed by atoms with Crippen LogP contribution in [0.25, 0.3) is 0 Å². The number of anilines is 1. The predicted molar refractivity (Wildman–Crippen MR) is 82.5 cm³/mol. The third-order valence-electron chi connectivity index (χ3n) is 2.38. The zero-order valence-corrected chi connectivity index (χ0v) is 12.9. The number of benzene rings is 1. The summed E-state index contributed by atoms with van der Waals surface area (Å²) in [5, 5.41) is 3.21. The molecule has 0 amide bonds. The maximum atomic E-state index is 12.0. The summed E-state index contributed by atoms with van der Waals surface area (Å²) < 4.78 is 30.7. The van der Waals surface area contributed by atoms with E-state index in [1.165, 1.54) is 3.57 Å². The van der Waals surface area contributed by atoms with E-state index in [1.807, 2.05) is 24.3 Å². The fourth-order valence-electron chi connectivity index (χ4n) is 1.50. The van der Waals surface area contributed by atoms with Gasteiger partial charge in [0.1, 0.15) is 11.5 Å². The van der Waals surface area contributed by atoms with E-state index < -0.39 is 5.76 Å². The SMILES string of the molecule is FC(F)SCc1ccc(CNc2ccc(I)cc2)o1. The molecule has 0 saturated carbocycles. The zero-order valence-electron chi connectivity index (χ0n) is 9.91. The lowest BCUT2D eigenvalue weighted by molar-refractivity contribution is 0.251. The third kappa shape index (κ3) is 5.02. The number of furan rings is 1. The Bertz CT molecular complexity index is 516. The number of hydrogen-bond acceptors (Lipinski definition) is 3. The van der Waals surface area contributed by atoms with Crippen LogP contribution in [0, 0.1) is 3.57 Å². The largest absolute Gasteiger partial charge is 0.463 e. The Labute approximate surface area is 128 Å². The number of hydrogen-bond donors (Lipinski definition) is 1. The highest BCUT2D eigenvalue weighted by Gasteiger charge is 2.07. The van der Waals surface area contributed by atoms with Crippen LogP contribution in [0.5, 0.6) is 0 Å². The zero-order chi connectivity index (χ0) is 13.7. The molecular formula is C13H12F2INOS. The second-order valence-corrected chi connectivity index (χ2v) is 6.02. The van der Waals surface area contributed by atoms with E-state index in [1.54, 1.807) is 12.1 Å². The van der Waals surface area contributed by atoms with Gasteiger partial charge in [-0.3, -0.25) is 0 Å². The summed E-state index contributed by atoms with van der Waals surface area (Å²) in [6, 6.07) is 11.5. The summed E-state index contributed by atoms with van der Waals surface area (Å²) in [6.45, 7) is 0.542. The van der Waals surface area contributed by atoms with Gasteiger partial charge in [0.05, 0.1) is 12.3 Å². The van der Waals surface area contributed by atoms with Gasteiger partial charge in [0.15, 0.2) is 0 Å². The number of rotatable bonds is 6. The van der Waals surface area contributed by atoms with Crippen molar-refractivity contribution in [2.45, 2.75) is 18.1 Å². The molecule has 0 aliphatic carbocycles. The number of alkyl halides is 2. The van der Waals surface area contributed by atoms with E-state index in [0.717, 1.165) is 11.4 Å². The first-order valence-corrected chi connectivity index (χ1v) is 7.73. The normalized spacial score (nSPS) is 10.9. The van der Waals surface area contributed by atoms with Crippen LogP contribution in [0.1, 0.15) is 11.5 Å². The van der Waals surface area contributed by atoms with Gasteiger partial charge in [-0.1, -0.05) is 11.8 Å². The smallest absolute Gasteiger partial charge is 0.284 e. The van der Waals surface area contributed by atoms with Crippen molar-refractivity contribution in [3.63, 3.8) is 0 Å². The van der Waals surface area contributed by atoms with E-state index >= 15 is 0 Å². The van der Waals surface area contributed by atoms with Crippen molar-refractivity contribution < 1.29 is 13.2 Å². The van der Waals surface area contributed by atoms with Gasteiger partial charge in [0.2, 0.25) is 0 Å². The maximum absolute atomic E-state index is 12.0. The molecule has 1 aromatic heterocycles. The van der Waals surface area contributed by atoms with Gasteiger partial charge in [0.25, 0.3) is 5.76 Å². The van der Waals surface area contributed by atoms with Crippen molar-refractivity contribution in [1.29, 1.82) is 0 Å². The van der Waals surface area contributed by atoms with E-state index in [9.17, 15) is 8.78 Å². The molecular weight excluding hydrogens is 383 g/mol. The Morgan fingerprint density at radius 3 is 2.47 bits per heavy atom. The molecule has 0 bridgehead atoms. The lowest BCUT2D eigenvalue weighted by Gasteiger charge is -2.04. The van der Waals surface area contributed by atoms with Crippen LogP contribution in [0.3, 0.4) is 0 Å². The first-order chi connectivity index (χ1) is 9.13. The molecule has 19 heavy (non-hydrogen) atoms. The molecule has 1 aromatic carbocycles. The number of nitrogens with one attached hydrogen (secondary N) is 1. The molecule has 2 nitrogen and oxygen atoms in total. The molecule has 0 unspecified atom stereocenters. The minimum atomic E-state index is -2.36. The topological polar surface area (TPSA) is 25.2 Å². The van der Waals surface area contributed by atoms with E-state index in [-0.39, 0.29) is 5.75 Å². The summed E-state index contributed by atoms with van der Waals surface area (Å²) in [5.74, 6) is -0.854. The van der Waals surface area contributed by atoms with Gasteiger partial charge in [-0.25, -0.2) is 0 Å². The summed E-state index contributed by atoms with van der Waals surface area (Å²) >= 11 is 2.81. The molecule has 2 rings (SSSR count). The average Bonchev–Trinajstić information content (AvgIpc) is 2.84. The molecule has 1 heterocycles. The Balaban J connectivity index is 1.84. The van der Waals surface area contributed by atoms with Gasteiger partial charge < -0.3 is 9.73 Å². The first kappa shape index (κ1) is 14.6. The molecule has 1 N–H and O–H groups in total. The monoisotopic (exact) mass is 395 g/mol. The highest BCUT2D eigenvalue weighted by Crippen LogP contribution is 2.21. The van der Waals surface area contributed by atoms with E-state index in [0.29, 0.717) is 24.1 Å². The van der Waals surface area contributed by atoms with E-state index in [4.69, 9.17) is 4.42 Å². The molecule has 0 spiro atoms. The molecule has 0 saturated heterocycles. The van der Waals surface area contributed by atoms with Crippen molar-refractivity contribution in [3.8, 4) is 0 Å². The highest BCUT2D eigenvalue weighted by atomic mass is 127. The van der Waals surface area contributed by atoms with Gasteiger partial charge in [-0.15, -0.1) is 0 Å². The fourth-order valence-corrected chi connectivity index (χ4v) is 2.30. The Kier molecular flexibility index (Phi) is 5.50. The second kappa shape index (κ2) is 7.14. The van der Waals surface area contributed by atoms with E-state index in [2.05, 4.69) is 27.9 Å². The van der Waals surface area contributed by atoms with Crippen molar-refractivity contribution in [3.05, 3.63) is 51.5 Å². The molecule has 0 fully saturated rings. The van der Waals surface area contributed by atoms with Crippen LogP contribution in [-0.2, 0) is 12.3 Å². The van der Waals surface area contributed by atoms with Crippen molar-refractivity contribution in [2.75, 3.05) is 5.32 Å². The lowest BCUT2D eigenvalue weighted by Crippen LogP contribution is -1.97. The van der Waals surface area contributed by atoms with Crippen LogP contribution in [0.15, 0.2) is 40.8 Å². The number of halogens is 3. The van der Waals surface area contributed by atoms with Gasteiger partial charge in [-0.2, -0.15) is 8.78 Å². The first-order valence-electron chi connectivity index (χ1n) is 5.60. The molecule has 6 heteroatoms. The fraction of sp³-hybridized carbons (Fsp3) is 0.231. The van der Waals surface area contributed by atoms with Crippen molar-refractivity contribution >= 4 is 40.0 Å². The van der Waals surface area contributed by atoms with Crippen LogP contribution < -0.4 is 5.32 Å². The Morgan fingerprint density at radius 1 is 1.11 bits per heavy atom. The van der Waals surface area contributed by atoms with Gasteiger partial charge in [0, 0.05) is 9.26 Å². The summed E-state index contributed by atoms with van der Waals surface area (Å²) in [5.41, 5.74) is 1.00. The standard InChI is InChI=1S/C13H12F2INOS/c14-13(15)19-8-12-6-5-11(18-12)7-17-10-3-1-9(16)2-4-10/h1-6,13,17H,7-8H2. The van der Waals surface area contributed by atoms with Crippen molar-refractivity contribution in [2.24, 2.45) is 0 Å². The maximum Gasteiger partial charge on any atom is 0.284 e. The predicted octanol–water partition coefficient (Wildman–Crippen LogP) is 4.95.